The quantitative estimate of drug-likeness (QED) is 0.556. The highest BCUT2D eigenvalue weighted by atomic mass is 19.1. The lowest BCUT2D eigenvalue weighted by molar-refractivity contribution is -0.133. The van der Waals surface area contributed by atoms with Crippen molar-refractivity contribution >= 4 is 28.3 Å². The maximum absolute atomic E-state index is 13.5. The van der Waals surface area contributed by atoms with Crippen molar-refractivity contribution in [3.63, 3.8) is 0 Å². The molecule has 0 saturated carbocycles. The van der Waals surface area contributed by atoms with Crippen LogP contribution in [0.15, 0.2) is 57.7 Å². The van der Waals surface area contributed by atoms with Crippen molar-refractivity contribution in [3.05, 3.63) is 75.9 Å². The predicted octanol–water partition coefficient (Wildman–Crippen LogP) is 2.34. The monoisotopic (exact) mass is 353 g/mol. The summed E-state index contributed by atoms with van der Waals surface area (Å²) in [6, 6.07) is 11.4. The van der Waals surface area contributed by atoms with Gasteiger partial charge in [0.05, 0.1) is 6.42 Å². The molecule has 2 N–H and O–H groups in total. The number of fused-ring (bicyclic) bond motifs is 2. The third-order valence-corrected chi connectivity index (χ3v) is 4.41. The fraction of sp³-hybridized carbons (Fsp3) is 0.105. The lowest BCUT2D eigenvalue weighted by Gasteiger charge is -2.19. The summed E-state index contributed by atoms with van der Waals surface area (Å²) in [7, 11) is 0. The molecule has 1 aromatic heterocycles. The normalized spacial score (nSPS) is 18.6. The number of hydrogen-bond acceptors (Lipinski definition) is 5. The van der Waals surface area contributed by atoms with Crippen molar-refractivity contribution in [3.8, 4) is 0 Å². The topological polar surface area (TPSA) is 96.6 Å². The fourth-order valence-corrected chi connectivity index (χ4v) is 3.08. The molecule has 1 aliphatic heterocycles. The Labute approximate surface area is 145 Å². The fourth-order valence-electron chi connectivity index (χ4n) is 3.08. The Bertz CT molecular complexity index is 1140. The number of para-hydroxylation sites is 1. The van der Waals surface area contributed by atoms with E-state index in [0.717, 1.165) is 12.1 Å². The minimum atomic E-state index is -2.26. The first-order valence-electron chi connectivity index (χ1n) is 7.78. The van der Waals surface area contributed by atoms with Crippen molar-refractivity contribution < 1.29 is 23.5 Å². The number of nitrogens with one attached hydrogen (secondary N) is 1. The van der Waals surface area contributed by atoms with Crippen LogP contribution in [0.5, 0.6) is 0 Å². The van der Waals surface area contributed by atoms with E-state index in [1.807, 2.05) is 0 Å². The highest BCUT2D eigenvalue weighted by molar-refractivity contribution is 6.09. The highest BCUT2D eigenvalue weighted by Crippen LogP contribution is 2.39. The lowest BCUT2D eigenvalue weighted by atomic mass is 9.88. The van der Waals surface area contributed by atoms with Gasteiger partial charge in [-0.15, -0.1) is 0 Å². The number of carbonyl (C=O) groups is 2. The van der Waals surface area contributed by atoms with Crippen molar-refractivity contribution in [2.45, 2.75) is 12.0 Å². The average Bonchev–Trinajstić information content (AvgIpc) is 2.85. The van der Waals surface area contributed by atoms with E-state index < -0.39 is 35.2 Å². The highest BCUT2D eigenvalue weighted by Gasteiger charge is 2.47. The molecular weight excluding hydrogens is 341 g/mol. The Morgan fingerprint density at radius 1 is 1.15 bits per heavy atom. The van der Waals surface area contributed by atoms with Gasteiger partial charge in [-0.3, -0.25) is 9.59 Å². The van der Waals surface area contributed by atoms with Crippen molar-refractivity contribution in [1.29, 1.82) is 0 Å². The smallest absolute Gasteiger partial charge is 0.347 e. The molecule has 3 aromatic rings. The molecule has 0 saturated heterocycles. The zero-order valence-electron chi connectivity index (χ0n) is 13.3. The maximum Gasteiger partial charge on any atom is 0.347 e. The predicted molar refractivity (Wildman–Crippen MR) is 90.4 cm³/mol. The van der Waals surface area contributed by atoms with E-state index in [0.29, 0.717) is 11.0 Å². The van der Waals surface area contributed by atoms with Crippen LogP contribution < -0.4 is 10.9 Å². The molecule has 6 nitrogen and oxygen atoms in total. The number of carbonyl (C=O) groups excluding carboxylic acids is 2. The lowest BCUT2D eigenvalue weighted by Crippen LogP contribution is -2.37. The number of hydrogen-bond donors (Lipinski definition) is 2. The third-order valence-electron chi connectivity index (χ3n) is 4.41. The van der Waals surface area contributed by atoms with Crippen LogP contribution in [-0.2, 0) is 10.4 Å². The molecule has 0 radical (unpaired) electrons. The molecule has 0 bridgehead atoms. The van der Waals surface area contributed by atoms with E-state index >= 15 is 0 Å². The molecule has 0 fully saturated rings. The molecule has 1 atom stereocenters. The minimum absolute atomic E-state index is 0.0407. The molecule has 0 aliphatic carbocycles. The van der Waals surface area contributed by atoms with Gasteiger partial charge < -0.3 is 14.8 Å². The molecule has 130 valence electrons. The number of rotatable bonds is 3. The number of Topliss-reactive ketones (excluding diaryl/α,β-unsaturated/α-hetero) is 1. The molecule has 0 spiro atoms. The molecular formula is C19H12FNO5. The molecule has 7 heteroatoms. The Balaban J connectivity index is 1.75. The maximum atomic E-state index is 13.5. The van der Waals surface area contributed by atoms with Crippen molar-refractivity contribution in [2.75, 3.05) is 5.32 Å². The first-order valence-corrected chi connectivity index (χ1v) is 7.78. The van der Waals surface area contributed by atoms with Gasteiger partial charge in [-0.25, -0.2) is 9.18 Å². The summed E-state index contributed by atoms with van der Waals surface area (Å²) in [5.41, 5.74) is -2.91. The molecule has 4 rings (SSSR count). The van der Waals surface area contributed by atoms with Gasteiger partial charge >= 0.3 is 5.63 Å². The van der Waals surface area contributed by atoms with E-state index in [1.54, 1.807) is 24.3 Å². The van der Waals surface area contributed by atoms with Crippen LogP contribution in [0.1, 0.15) is 22.3 Å². The number of ketones is 1. The number of aliphatic hydroxyl groups is 1. The Kier molecular flexibility index (Phi) is 3.48. The van der Waals surface area contributed by atoms with Gasteiger partial charge in [0.1, 0.15) is 17.0 Å². The van der Waals surface area contributed by atoms with Gasteiger partial charge in [-0.1, -0.05) is 18.2 Å². The van der Waals surface area contributed by atoms with E-state index in [9.17, 15) is 23.9 Å². The van der Waals surface area contributed by atoms with Crippen LogP contribution in [0.3, 0.4) is 0 Å². The number of benzene rings is 2. The zero-order chi connectivity index (χ0) is 18.5. The summed E-state index contributed by atoms with van der Waals surface area (Å²) in [6.07, 6.45) is -0.710. The van der Waals surface area contributed by atoms with Crippen LogP contribution in [0.25, 0.3) is 11.0 Å². The second-order valence-electron chi connectivity index (χ2n) is 6.09. The summed E-state index contributed by atoms with van der Waals surface area (Å²) in [5, 5.41) is 13.7. The molecule has 2 aromatic carbocycles. The van der Waals surface area contributed by atoms with Crippen molar-refractivity contribution in [2.24, 2.45) is 0 Å². The molecule has 2 heterocycles. The standard InChI is InChI=1S/C19H12FNO5/c20-11-5-6-14-13(8-11)19(25,18(24)21-14)9-15(22)12-7-10-3-1-2-4-16(10)26-17(12)23/h1-8,25H,9H2,(H,21,24)/t19-/m1/s1. The number of halogens is 1. The third kappa shape index (κ3) is 2.41. The summed E-state index contributed by atoms with van der Waals surface area (Å²) in [4.78, 5) is 36.9. The molecule has 1 amide bonds. The van der Waals surface area contributed by atoms with E-state index in [2.05, 4.69) is 5.32 Å². The Morgan fingerprint density at radius 2 is 1.92 bits per heavy atom. The van der Waals surface area contributed by atoms with Crippen LogP contribution >= 0.6 is 0 Å². The van der Waals surface area contributed by atoms with Crippen LogP contribution in [0, 0.1) is 5.82 Å². The summed E-state index contributed by atoms with van der Waals surface area (Å²) >= 11 is 0. The first kappa shape index (κ1) is 16.2. The minimum Gasteiger partial charge on any atom is -0.422 e. The largest absolute Gasteiger partial charge is 0.422 e. The SMILES string of the molecule is O=C(C[C@]1(O)C(=O)Nc2ccc(F)cc21)c1cc2ccccc2oc1=O. The van der Waals surface area contributed by atoms with Gasteiger partial charge in [-0.2, -0.15) is 0 Å². The van der Waals surface area contributed by atoms with Gasteiger partial charge in [0.25, 0.3) is 5.91 Å². The van der Waals surface area contributed by atoms with Gasteiger partial charge in [-0.05, 0) is 30.3 Å². The van der Waals surface area contributed by atoms with Crippen LogP contribution in [0.4, 0.5) is 10.1 Å². The molecule has 26 heavy (non-hydrogen) atoms. The van der Waals surface area contributed by atoms with Gasteiger partial charge in [0, 0.05) is 16.6 Å². The molecule has 1 aliphatic rings. The molecule has 0 unspecified atom stereocenters. The van der Waals surface area contributed by atoms with E-state index in [4.69, 9.17) is 4.42 Å². The van der Waals surface area contributed by atoms with Crippen molar-refractivity contribution in [1.82, 2.24) is 0 Å². The zero-order valence-corrected chi connectivity index (χ0v) is 13.3. The Morgan fingerprint density at radius 3 is 2.73 bits per heavy atom. The second-order valence-corrected chi connectivity index (χ2v) is 6.09. The second kappa shape index (κ2) is 5.60. The first-order chi connectivity index (χ1) is 12.4. The van der Waals surface area contributed by atoms with E-state index in [1.165, 1.54) is 12.1 Å². The van der Waals surface area contributed by atoms with Gasteiger partial charge in [0.2, 0.25) is 0 Å². The summed E-state index contributed by atoms with van der Waals surface area (Å²) in [6.45, 7) is 0. The summed E-state index contributed by atoms with van der Waals surface area (Å²) in [5.74, 6) is -2.28. The van der Waals surface area contributed by atoms with E-state index in [-0.39, 0.29) is 16.8 Å². The average molecular weight is 353 g/mol. The van der Waals surface area contributed by atoms with Gasteiger partial charge in [0.15, 0.2) is 11.4 Å². The number of amides is 1. The van der Waals surface area contributed by atoms with Crippen LogP contribution in [0.2, 0.25) is 0 Å². The Hall–Kier alpha value is -3.32. The van der Waals surface area contributed by atoms with Crippen LogP contribution in [-0.4, -0.2) is 16.8 Å². The summed E-state index contributed by atoms with van der Waals surface area (Å²) < 4.78 is 18.6. The number of anilines is 1.